The molecule has 1 aliphatic heterocycles. The monoisotopic (exact) mass is 323 g/mol. The highest BCUT2D eigenvalue weighted by Gasteiger charge is 2.54. The topological polar surface area (TPSA) is 52.7 Å². The highest BCUT2D eigenvalue weighted by molar-refractivity contribution is 5.95. The van der Waals surface area contributed by atoms with E-state index in [4.69, 9.17) is 0 Å². The first-order valence-corrected chi connectivity index (χ1v) is 7.94. The lowest BCUT2D eigenvalue weighted by molar-refractivity contribution is -0.132. The summed E-state index contributed by atoms with van der Waals surface area (Å²) in [4.78, 5) is 28.9. The minimum Gasteiger partial charge on any atom is -0.341 e. The standard InChI is InChI=1S/C19H21N3O2/c1-20-18(24)22-14-21(2)17(23)19(22,16-11-7-4-8-12-16)13-15-9-5-3-6-10-15/h3-12H,13-14H2,1-2H3,(H,20,24)/t19-/m0/s1. The third kappa shape index (κ3) is 2.52. The Kier molecular flexibility index (Phi) is 4.25. The number of urea groups is 1. The molecule has 0 bridgehead atoms. The second-order valence-corrected chi connectivity index (χ2v) is 6.02. The van der Waals surface area contributed by atoms with Crippen molar-refractivity contribution < 1.29 is 9.59 Å². The van der Waals surface area contributed by atoms with Crippen molar-refractivity contribution in [3.05, 3.63) is 71.8 Å². The molecule has 1 heterocycles. The van der Waals surface area contributed by atoms with E-state index < -0.39 is 5.54 Å². The van der Waals surface area contributed by atoms with Gasteiger partial charge in [-0.25, -0.2) is 4.79 Å². The molecule has 0 unspecified atom stereocenters. The van der Waals surface area contributed by atoms with E-state index in [0.717, 1.165) is 11.1 Å². The van der Waals surface area contributed by atoms with E-state index in [0.29, 0.717) is 6.42 Å². The molecule has 1 atom stereocenters. The Balaban J connectivity index is 2.16. The number of benzene rings is 2. The summed E-state index contributed by atoms with van der Waals surface area (Å²) in [5.41, 5.74) is 0.808. The molecular weight excluding hydrogens is 302 g/mol. The summed E-state index contributed by atoms with van der Waals surface area (Å²) < 4.78 is 0. The van der Waals surface area contributed by atoms with E-state index in [1.54, 1.807) is 23.9 Å². The fourth-order valence-corrected chi connectivity index (χ4v) is 3.36. The Hall–Kier alpha value is -2.82. The van der Waals surface area contributed by atoms with Gasteiger partial charge in [0.05, 0.1) is 6.67 Å². The minimum atomic E-state index is -1.03. The quantitative estimate of drug-likeness (QED) is 0.941. The average molecular weight is 323 g/mol. The van der Waals surface area contributed by atoms with Crippen LogP contribution in [0.5, 0.6) is 0 Å². The number of hydrogen-bond acceptors (Lipinski definition) is 2. The zero-order valence-electron chi connectivity index (χ0n) is 13.9. The number of nitrogens with zero attached hydrogens (tertiary/aromatic N) is 2. The van der Waals surface area contributed by atoms with E-state index in [1.807, 2.05) is 60.7 Å². The maximum atomic E-state index is 13.2. The van der Waals surface area contributed by atoms with Crippen molar-refractivity contribution in [2.24, 2.45) is 0 Å². The van der Waals surface area contributed by atoms with Crippen molar-refractivity contribution in [1.82, 2.24) is 15.1 Å². The molecule has 5 nitrogen and oxygen atoms in total. The Morgan fingerprint density at radius 3 is 2.25 bits per heavy atom. The summed E-state index contributed by atoms with van der Waals surface area (Å²) in [6.45, 7) is 0.264. The van der Waals surface area contributed by atoms with Gasteiger partial charge in [0.1, 0.15) is 0 Å². The Morgan fingerprint density at radius 2 is 1.67 bits per heavy atom. The number of carbonyl (C=O) groups is 2. The van der Waals surface area contributed by atoms with Gasteiger partial charge in [0.2, 0.25) is 0 Å². The predicted octanol–water partition coefficient (Wildman–Crippen LogP) is 2.20. The van der Waals surface area contributed by atoms with Gasteiger partial charge in [-0.15, -0.1) is 0 Å². The van der Waals surface area contributed by atoms with Crippen molar-refractivity contribution in [3.63, 3.8) is 0 Å². The lowest BCUT2D eigenvalue weighted by atomic mass is 9.82. The van der Waals surface area contributed by atoms with Crippen molar-refractivity contribution in [2.45, 2.75) is 12.0 Å². The largest absolute Gasteiger partial charge is 0.341 e. The predicted molar refractivity (Wildman–Crippen MR) is 92.2 cm³/mol. The first-order chi connectivity index (χ1) is 11.6. The number of nitrogens with one attached hydrogen (secondary N) is 1. The summed E-state index contributed by atoms with van der Waals surface area (Å²) in [5.74, 6) is -0.0684. The molecule has 2 aromatic rings. The Bertz CT molecular complexity index is 733. The van der Waals surface area contributed by atoms with Crippen molar-refractivity contribution in [3.8, 4) is 0 Å². The number of rotatable bonds is 3. The highest BCUT2D eigenvalue weighted by Crippen LogP contribution is 2.38. The van der Waals surface area contributed by atoms with Gasteiger partial charge in [-0.1, -0.05) is 60.7 Å². The molecule has 3 rings (SSSR count). The Labute approximate surface area is 141 Å². The molecule has 0 saturated carbocycles. The first kappa shape index (κ1) is 16.1. The van der Waals surface area contributed by atoms with E-state index in [2.05, 4.69) is 5.32 Å². The van der Waals surface area contributed by atoms with Gasteiger partial charge in [-0.2, -0.15) is 0 Å². The van der Waals surface area contributed by atoms with Gasteiger partial charge >= 0.3 is 6.03 Å². The van der Waals surface area contributed by atoms with Crippen LogP contribution in [0.4, 0.5) is 4.79 Å². The van der Waals surface area contributed by atoms with Gasteiger partial charge in [0, 0.05) is 20.5 Å². The molecular formula is C19H21N3O2. The van der Waals surface area contributed by atoms with Crippen LogP contribution in [-0.4, -0.2) is 42.5 Å². The molecule has 124 valence electrons. The van der Waals surface area contributed by atoms with Crippen LogP contribution in [0.3, 0.4) is 0 Å². The molecule has 3 amide bonds. The second kappa shape index (κ2) is 6.35. The lowest BCUT2D eigenvalue weighted by Gasteiger charge is -2.35. The van der Waals surface area contributed by atoms with Crippen LogP contribution in [-0.2, 0) is 16.8 Å². The molecule has 1 aliphatic rings. The summed E-state index contributed by atoms with van der Waals surface area (Å²) >= 11 is 0. The molecule has 0 radical (unpaired) electrons. The smallest absolute Gasteiger partial charge is 0.319 e. The van der Waals surface area contributed by atoms with Gasteiger partial charge in [0.15, 0.2) is 5.54 Å². The van der Waals surface area contributed by atoms with E-state index in [-0.39, 0.29) is 18.6 Å². The normalized spacial score (nSPS) is 20.3. The maximum Gasteiger partial charge on any atom is 0.319 e. The van der Waals surface area contributed by atoms with E-state index in [9.17, 15) is 9.59 Å². The zero-order valence-corrected chi connectivity index (χ0v) is 13.9. The molecule has 24 heavy (non-hydrogen) atoms. The van der Waals surface area contributed by atoms with Crippen molar-refractivity contribution >= 4 is 11.9 Å². The molecule has 0 aliphatic carbocycles. The summed E-state index contributed by atoms with van der Waals surface area (Å²) in [5, 5.41) is 2.67. The summed E-state index contributed by atoms with van der Waals surface area (Å²) in [6.07, 6.45) is 0.439. The lowest BCUT2D eigenvalue weighted by Crippen LogP contribution is -2.53. The fourth-order valence-electron chi connectivity index (χ4n) is 3.36. The van der Waals surface area contributed by atoms with Gasteiger partial charge in [0.25, 0.3) is 5.91 Å². The third-order valence-corrected chi connectivity index (χ3v) is 4.53. The maximum absolute atomic E-state index is 13.2. The number of hydrogen-bond donors (Lipinski definition) is 1. The SMILES string of the molecule is CNC(=O)N1CN(C)C(=O)[C@]1(Cc1ccccc1)c1ccccc1. The minimum absolute atomic E-state index is 0.0684. The third-order valence-electron chi connectivity index (χ3n) is 4.53. The molecule has 0 aromatic heterocycles. The summed E-state index contributed by atoms with van der Waals surface area (Å²) in [7, 11) is 3.32. The fraction of sp³-hybridized carbons (Fsp3) is 0.263. The van der Waals surface area contributed by atoms with Crippen LogP contribution in [0.1, 0.15) is 11.1 Å². The first-order valence-electron chi connectivity index (χ1n) is 7.94. The molecule has 5 heteroatoms. The molecule has 1 fully saturated rings. The van der Waals surface area contributed by atoms with Crippen molar-refractivity contribution in [1.29, 1.82) is 0 Å². The van der Waals surface area contributed by atoms with Gasteiger partial charge in [-0.05, 0) is 11.1 Å². The molecule has 0 spiro atoms. The van der Waals surface area contributed by atoms with Crippen LogP contribution in [0.15, 0.2) is 60.7 Å². The van der Waals surface area contributed by atoms with E-state index >= 15 is 0 Å². The van der Waals surface area contributed by atoms with Crippen LogP contribution in [0.2, 0.25) is 0 Å². The number of likely N-dealkylation sites (N-methyl/N-ethyl adjacent to an activating group) is 1. The molecule has 2 aromatic carbocycles. The van der Waals surface area contributed by atoms with Gasteiger partial charge in [-0.3, -0.25) is 9.69 Å². The second-order valence-electron chi connectivity index (χ2n) is 6.02. The molecule has 1 saturated heterocycles. The van der Waals surface area contributed by atoms with Crippen molar-refractivity contribution in [2.75, 3.05) is 20.8 Å². The van der Waals surface area contributed by atoms with E-state index in [1.165, 1.54) is 0 Å². The average Bonchev–Trinajstić information content (AvgIpc) is 2.88. The van der Waals surface area contributed by atoms with Crippen LogP contribution >= 0.6 is 0 Å². The van der Waals surface area contributed by atoms with Crippen LogP contribution in [0.25, 0.3) is 0 Å². The molecule has 1 N–H and O–H groups in total. The van der Waals surface area contributed by atoms with Crippen LogP contribution < -0.4 is 5.32 Å². The Morgan fingerprint density at radius 1 is 1.08 bits per heavy atom. The van der Waals surface area contributed by atoms with Crippen LogP contribution in [0, 0.1) is 0 Å². The number of carbonyl (C=O) groups excluding carboxylic acids is 2. The summed E-state index contributed by atoms with van der Waals surface area (Å²) in [6, 6.07) is 19.1. The number of amides is 3. The highest BCUT2D eigenvalue weighted by atomic mass is 16.2. The van der Waals surface area contributed by atoms with Gasteiger partial charge < -0.3 is 10.2 Å². The zero-order chi connectivity index (χ0) is 17.2.